The number of aryl methyl sites for hydroxylation is 1. The maximum Gasteiger partial charge on any atom is 0.251 e. The monoisotopic (exact) mass is 507 g/mol. The number of benzene rings is 3. The van der Waals surface area contributed by atoms with Crippen LogP contribution in [0.3, 0.4) is 0 Å². The van der Waals surface area contributed by atoms with E-state index in [1.54, 1.807) is 19.2 Å². The van der Waals surface area contributed by atoms with Crippen molar-refractivity contribution in [2.24, 2.45) is 5.92 Å². The third kappa shape index (κ3) is 2.55. The molecular weight excluding hydrogens is 478 g/mol. The minimum Gasteiger partial charge on any atom is -0.496 e. The SMILES string of the molecule is CCc1ccc2c(c1)C1(C(=O)N2)N2CCCC2C(C(=O)c2ccccc2OC)C12C(=O)Nc1ccccc12. The van der Waals surface area contributed by atoms with E-state index in [4.69, 9.17) is 4.74 Å². The van der Waals surface area contributed by atoms with Crippen LogP contribution in [-0.4, -0.2) is 42.2 Å². The molecule has 4 aliphatic heterocycles. The van der Waals surface area contributed by atoms with Gasteiger partial charge >= 0.3 is 0 Å². The molecule has 3 aromatic rings. The molecule has 4 heterocycles. The predicted molar refractivity (Wildman–Crippen MR) is 143 cm³/mol. The van der Waals surface area contributed by atoms with Gasteiger partial charge in [0, 0.05) is 23.0 Å². The van der Waals surface area contributed by atoms with E-state index in [0.29, 0.717) is 34.8 Å². The largest absolute Gasteiger partial charge is 0.496 e. The van der Waals surface area contributed by atoms with Crippen molar-refractivity contribution in [1.29, 1.82) is 0 Å². The Labute approximate surface area is 221 Å². The van der Waals surface area contributed by atoms with E-state index >= 15 is 0 Å². The number of anilines is 2. The van der Waals surface area contributed by atoms with Crippen LogP contribution in [0.25, 0.3) is 0 Å². The van der Waals surface area contributed by atoms with Crippen LogP contribution in [0.4, 0.5) is 11.4 Å². The van der Waals surface area contributed by atoms with Crippen LogP contribution in [0.2, 0.25) is 0 Å². The average Bonchev–Trinajstić information content (AvgIpc) is 3.66. The number of ketones is 1. The second-order valence-electron chi connectivity index (χ2n) is 10.7. The average molecular weight is 508 g/mol. The molecule has 0 radical (unpaired) electrons. The fraction of sp³-hybridized carbons (Fsp3) is 0.323. The first-order valence-corrected chi connectivity index (χ1v) is 13.3. The van der Waals surface area contributed by atoms with Gasteiger partial charge in [0.1, 0.15) is 16.7 Å². The van der Waals surface area contributed by atoms with Gasteiger partial charge in [-0.2, -0.15) is 0 Å². The Hall–Kier alpha value is -3.97. The standard InChI is InChI=1S/C31H29N3O4/c1-3-18-14-15-23-21(17-18)31(29(37)33-23)30(20-10-5-6-11-22(20)32-28(30)36)26(24-12-8-16-34(24)31)27(35)19-9-4-7-13-25(19)38-2/h4-7,9-11,13-15,17,24,26H,3,8,12,16H2,1-2H3,(H,32,36)(H,33,37). The number of amides is 2. The number of carbonyl (C=O) groups excluding carboxylic acids is 3. The molecule has 7 nitrogen and oxygen atoms in total. The Kier molecular flexibility index (Phi) is 4.89. The minimum atomic E-state index is -1.45. The Morgan fingerprint density at radius 1 is 0.974 bits per heavy atom. The lowest BCUT2D eigenvalue weighted by molar-refractivity contribution is -0.137. The number of para-hydroxylation sites is 2. The van der Waals surface area contributed by atoms with E-state index in [1.807, 2.05) is 48.5 Å². The van der Waals surface area contributed by atoms with Gasteiger partial charge in [-0.1, -0.05) is 49.4 Å². The van der Waals surface area contributed by atoms with Crippen molar-refractivity contribution in [2.75, 3.05) is 24.3 Å². The van der Waals surface area contributed by atoms with Gasteiger partial charge in [-0.15, -0.1) is 0 Å². The van der Waals surface area contributed by atoms with Gasteiger partial charge < -0.3 is 15.4 Å². The summed E-state index contributed by atoms with van der Waals surface area (Å²) in [4.78, 5) is 46.0. The smallest absolute Gasteiger partial charge is 0.251 e. The topological polar surface area (TPSA) is 87.7 Å². The van der Waals surface area contributed by atoms with Crippen LogP contribution in [-0.2, 0) is 27.0 Å². The molecule has 38 heavy (non-hydrogen) atoms. The summed E-state index contributed by atoms with van der Waals surface area (Å²) < 4.78 is 5.60. The zero-order valence-corrected chi connectivity index (χ0v) is 21.4. The third-order valence-electron chi connectivity index (χ3n) is 9.22. The minimum absolute atomic E-state index is 0.170. The third-order valence-corrected chi connectivity index (χ3v) is 9.22. The predicted octanol–water partition coefficient (Wildman–Crippen LogP) is 4.27. The van der Waals surface area contributed by atoms with Gasteiger partial charge in [-0.05, 0) is 61.2 Å². The van der Waals surface area contributed by atoms with Crippen LogP contribution in [0.15, 0.2) is 66.7 Å². The zero-order chi connectivity index (χ0) is 26.2. The summed E-state index contributed by atoms with van der Waals surface area (Å²) in [6.07, 6.45) is 2.36. The van der Waals surface area contributed by atoms with Crippen LogP contribution in [0.5, 0.6) is 5.75 Å². The Morgan fingerprint density at radius 3 is 2.53 bits per heavy atom. The molecule has 4 atom stereocenters. The lowest BCUT2D eigenvalue weighted by Gasteiger charge is -2.43. The normalized spacial score (nSPS) is 28.8. The molecular formula is C31H29N3O4. The fourth-order valence-electron chi connectivity index (χ4n) is 7.86. The highest BCUT2D eigenvalue weighted by atomic mass is 16.5. The summed E-state index contributed by atoms with van der Waals surface area (Å²) in [7, 11) is 1.55. The number of carbonyl (C=O) groups is 3. The van der Waals surface area contributed by atoms with Crippen molar-refractivity contribution >= 4 is 29.0 Å². The van der Waals surface area contributed by atoms with Gasteiger partial charge in [-0.3, -0.25) is 19.3 Å². The number of hydrogen-bond acceptors (Lipinski definition) is 5. The lowest BCUT2D eigenvalue weighted by Crippen LogP contribution is -2.62. The van der Waals surface area contributed by atoms with Crippen LogP contribution >= 0.6 is 0 Å². The maximum absolute atomic E-state index is 14.7. The summed E-state index contributed by atoms with van der Waals surface area (Å²) in [5.74, 6) is -1.03. The highest BCUT2D eigenvalue weighted by Crippen LogP contribution is 2.68. The van der Waals surface area contributed by atoms with Gasteiger partial charge in [0.05, 0.1) is 18.6 Å². The highest BCUT2D eigenvalue weighted by molar-refractivity contribution is 6.21. The number of fused-ring (bicyclic) bond motifs is 7. The number of methoxy groups -OCH3 is 1. The second-order valence-corrected chi connectivity index (χ2v) is 10.7. The molecule has 2 saturated heterocycles. The molecule has 2 amide bonds. The highest BCUT2D eigenvalue weighted by Gasteiger charge is 2.81. The molecule has 192 valence electrons. The van der Waals surface area contributed by atoms with E-state index in [1.165, 1.54) is 0 Å². The van der Waals surface area contributed by atoms with E-state index < -0.39 is 16.9 Å². The van der Waals surface area contributed by atoms with Crippen molar-refractivity contribution in [3.8, 4) is 5.75 Å². The summed E-state index contributed by atoms with van der Waals surface area (Å²) in [6, 6.07) is 20.4. The first-order valence-electron chi connectivity index (χ1n) is 13.3. The Balaban J connectivity index is 1.59. The number of ether oxygens (including phenoxy) is 1. The number of hydrogen-bond donors (Lipinski definition) is 2. The lowest BCUT2D eigenvalue weighted by atomic mass is 9.57. The van der Waals surface area contributed by atoms with Crippen LogP contribution in [0, 0.1) is 5.92 Å². The zero-order valence-electron chi connectivity index (χ0n) is 21.4. The molecule has 0 saturated carbocycles. The molecule has 4 unspecified atom stereocenters. The first kappa shape index (κ1) is 23.2. The molecule has 7 rings (SSSR count). The number of nitrogens with zero attached hydrogens (tertiary/aromatic N) is 1. The van der Waals surface area contributed by atoms with Crippen molar-refractivity contribution < 1.29 is 19.1 Å². The first-order chi connectivity index (χ1) is 18.5. The van der Waals surface area contributed by atoms with E-state index in [2.05, 4.69) is 28.5 Å². The molecule has 7 heteroatoms. The van der Waals surface area contributed by atoms with Crippen LogP contribution < -0.4 is 15.4 Å². The number of Topliss-reactive ketones (excluding diaryl/α,β-unsaturated/α-hetero) is 1. The molecule has 4 aliphatic rings. The summed E-state index contributed by atoms with van der Waals surface area (Å²) in [5, 5.41) is 6.21. The van der Waals surface area contributed by atoms with E-state index in [9.17, 15) is 14.4 Å². The molecule has 2 spiro atoms. The molecule has 3 aromatic carbocycles. The van der Waals surface area contributed by atoms with Gasteiger partial charge in [-0.25, -0.2) is 0 Å². The Bertz CT molecular complexity index is 1530. The van der Waals surface area contributed by atoms with Gasteiger partial charge in [0.2, 0.25) is 5.91 Å². The maximum atomic E-state index is 14.7. The quantitative estimate of drug-likeness (QED) is 0.515. The summed E-state index contributed by atoms with van der Waals surface area (Å²) in [5.41, 5.74) is 1.57. The Morgan fingerprint density at radius 2 is 1.71 bits per heavy atom. The van der Waals surface area contributed by atoms with Crippen molar-refractivity contribution in [3.63, 3.8) is 0 Å². The number of rotatable bonds is 4. The van der Waals surface area contributed by atoms with E-state index in [0.717, 1.165) is 30.4 Å². The van der Waals surface area contributed by atoms with Crippen molar-refractivity contribution in [1.82, 2.24) is 4.90 Å². The molecule has 0 aromatic heterocycles. The van der Waals surface area contributed by atoms with E-state index in [-0.39, 0.29) is 23.6 Å². The fourth-order valence-corrected chi connectivity index (χ4v) is 7.86. The molecule has 0 bridgehead atoms. The van der Waals surface area contributed by atoms with Crippen molar-refractivity contribution in [2.45, 2.75) is 43.2 Å². The van der Waals surface area contributed by atoms with Gasteiger partial charge in [0.25, 0.3) is 5.91 Å². The summed E-state index contributed by atoms with van der Waals surface area (Å²) in [6.45, 7) is 2.70. The second kappa shape index (κ2) is 8.01. The van der Waals surface area contributed by atoms with Crippen molar-refractivity contribution in [3.05, 3.63) is 89.0 Å². The number of nitrogens with one attached hydrogen (secondary N) is 2. The summed E-state index contributed by atoms with van der Waals surface area (Å²) >= 11 is 0. The molecule has 2 fully saturated rings. The molecule has 0 aliphatic carbocycles. The molecule has 2 N–H and O–H groups in total. The van der Waals surface area contributed by atoms with Gasteiger partial charge in [0.15, 0.2) is 5.78 Å². The van der Waals surface area contributed by atoms with Crippen LogP contribution in [0.1, 0.15) is 46.8 Å².